The highest BCUT2D eigenvalue weighted by atomic mass is 32.2. The van der Waals surface area contributed by atoms with Crippen LogP contribution in [0.25, 0.3) is 11.8 Å². The molecule has 2 aliphatic rings. The Morgan fingerprint density at radius 2 is 1.74 bits per heavy atom. The van der Waals surface area contributed by atoms with E-state index in [1.54, 1.807) is 36.2 Å². The number of carbonyl (C=O) groups is 1. The second-order valence-electron chi connectivity index (χ2n) is 10.6. The van der Waals surface area contributed by atoms with Gasteiger partial charge in [0, 0.05) is 32.2 Å². The molecule has 0 atom stereocenters. The number of rotatable bonds is 7. The smallest absolute Gasteiger partial charge is 0.296 e. The van der Waals surface area contributed by atoms with Gasteiger partial charge in [0.15, 0.2) is 4.32 Å². The molecule has 3 aromatic rings. The molecule has 0 N–H and O–H groups in total. The van der Waals surface area contributed by atoms with Crippen molar-refractivity contribution in [3.05, 3.63) is 78.3 Å². The van der Waals surface area contributed by atoms with Gasteiger partial charge in [-0.3, -0.25) is 28.5 Å². The Bertz CT molecular complexity index is 1750. The van der Waals surface area contributed by atoms with Gasteiger partial charge in [-0.25, -0.2) is 4.68 Å². The first-order valence-electron chi connectivity index (χ1n) is 14.3. The third-order valence-electron chi connectivity index (χ3n) is 8.05. The number of nitrogens with zero attached hydrogens (tertiary/aromatic N) is 6. The van der Waals surface area contributed by atoms with Crippen LogP contribution in [0.5, 0.6) is 0 Å². The summed E-state index contributed by atoms with van der Waals surface area (Å²) in [7, 11) is 1.78. The predicted molar refractivity (Wildman–Crippen MR) is 173 cm³/mol. The summed E-state index contributed by atoms with van der Waals surface area (Å²) in [4.78, 5) is 45.1. The molecule has 0 bridgehead atoms. The minimum atomic E-state index is -0.398. The third kappa shape index (κ3) is 5.03. The summed E-state index contributed by atoms with van der Waals surface area (Å²) in [6, 6.07) is 11.4. The molecular weight excluding hydrogens is 569 g/mol. The molecule has 2 saturated heterocycles. The van der Waals surface area contributed by atoms with E-state index in [1.165, 1.54) is 9.58 Å². The normalized spacial score (nSPS) is 16.5. The summed E-state index contributed by atoms with van der Waals surface area (Å²) in [6.45, 7) is 7.69. The fourth-order valence-corrected chi connectivity index (χ4v) is 6.97. The van der Waals surface area contributed by atoms with Crippen LogP contribution in [-0.4, -0.2) is 37.2 Å². The second kappa shape index (κ2) is 12.2. The van der Waals surface area contributed by atoms with Gasteiger partial charge in [-0.15, -0.1) is 0 Å². The number of carbonyl (C=O) groups excluding carboxylic acids is 1. The molecule has 11 heteroatoms. The number of thioether (sulfide) groups is 1. The van der Waals surface area contributed by atoms with Crippen molar-refractivity contribution in [2.45, 2.75) is 59.4 Å². The minimum absolute atomic E-state index is 0.0817. The van der Waals surface area contributed by atoms with Gasteiger partial charge in [0.05, 0.1) is 16.3 Å². The average molecular weight is 603 g/mol. The number of hydrogen-bond donors (Lipinski definition) is 0. The maximum absolute atomic E-state index is 14.0. The van der Waals surface area contributed by atoms with E-state index >= 15 is 0 Å². The first-order valence-corrected chi connectivity index (χ1v) is 15.5. The summed E-state index contributed by atoms with van der Waals surface area (Å²) in [6.07, 6.45) is 6.57. The lowest BCUT2D eigenvalue weighted by molar-refractivity contribution is -0.113. The van der Waals surface area contributed by atoms with Crippen molar-refractivity contribution in [3.63, 3.8) is 0 Å². The zero-order valence-electron chi connectivity index (χ0n) is 24.3. The lowest BCUT2D eigenvalue weighted by Crippen LogP contribution is -2.37. The fourth-order valence-electron chi connectivity index (χ4n) is 5.72. The standard InChI is InChI=1S/C31H34N6O3S2/c1-5-6-17-35-27(34-15-11-8-12-16-34)23(20(2)24(19-32)28(35)38)18-25-29(39)36(31(41)42-25)26-21(3)33(4)37(30(26)40)22-13-9-7-10-14-22/h7,9-10,13-14,18H,5-6,8,11-12,15-17H2,1-4H3/b25-18+. The molecular formula is C31H34N6O3S2. The van der Waals surface area contributed by atoms with Crippen molar-refractivity contribution in [2.24, 2.45) is 7.05 Å². The zero-order chi connectivity index (χ0) is 30.1. The largest absolute Gasteiger partial charge is 0.357 e. The quantitative estimate of drug-likeness (QED) is 0.277. The molecule has 0 unspecified atom stereocenters. The maximum Gasteiger partial charge on any atom is 0.296 e. The van der Waals surface area contributed by atoms with Gasteiger partial charge in [0.2, 0.25) is 0 Å². The number of pyridine rings is 1. The van der Waals surface area contributed by atoms with Gasteiger partial charge < -0.3 is 4.90 Å². The monoisotopic (exact) mass is 602 g/mol. The first kappa shape index (κ1) is 29.6. The van der Waals surface area contributed by atoms with Crippen LogP contribution in [0, 0.1) is 25.2 Å². The van der Waals surface area contributed by atoms with E-state index in [-0.39, 0.29) is 26.7 Å². The zero-order valence-corrected chi connectivity index (χ0v) is 26.0. The second-order valence-corrected chi connectivity index (χ2v) is 12.3. The van der Waals surface area contributed by atoms with Gasteiger partial charge in [-0.05, 0) is 63.3 Å². The molecule has 1 aromatic carbocycles. The minimum Gasteiger partial charge on any atom is -0.357 e. The van der Waals surface area contributed by atoms with E-state index in [0.29, 0.717) is 34.0 Å². The van der Waals surface area contributed by atoms with Crippen LogP contribution in [0.2, 0.25) is 0 Å². The van der Waals surface area contributed by atoms with E-state index in [9.17, 15) is 19.6 Å². The number of aromatic nitrogens is 3. The molecule has 0 spiro atoms. The van der Waals surface area contributed by atoms with E-state index in [0.717, 1.165) is 62.8 Å². The van der Waals surface area contributed by atoms with E-state index in [4.69, 9.17) is 12.2 Å². The topological polar surface area (TPSA) is 96.3 Å². The number of benzene rings is 1. The molecule has 0 aliphatic carbocycles. The van der Waals surface area contributed by atoms with Crippen LogP contribution in [0.1, 0.15) is 61.4 Å². The van der Waals surface area contributed by atoms with Crippen LogP contribution in [0.15, 0.2) is 44.8 Å². The third-order valence-corrected chi connectivity index (χ3v) is 9.36. The lowest BCUT2D eigenvalue weighted by Gasteiger charge is -2.33. The highest BCUT2D eigenvalue weighted by Crippen LogP contribution is 2.39. The number of nitriles is 1. The van der Waals surface area contributed by atoms with Crippen LogP contribution >= 0.6 is 24.0 Å². The molecule has 4 heterocycles. The summed E-state index contributed by atoms with van der Waals surface area (Å²) < 4.78 is 5.21. The predicted octanol–water partition coefficient (Wildman–Crippen LogP) is 5.02. The van der Waals surface area contributed by atoms with Crippen LogP contribution in [0.3, 0.4) is 0 Å². The van der Waals surface area contributed by atoms with Crippen LogP contribution in [-0.2, 0) is 18.4 Å². The molecule has 1 amide bonds. The van der Waals surface area contributed by atoms with Crippen molar-refractivity contribution < 1.29 is 4.79 Å². The molecule has 5 rings (SSSR count). The SMILES string of the molecule is CCCCn1c(N2CCCCC2)c(/C=C2/SC(=S)N(c3c(C)n(C)n(-c4ccccc4)c3=O)C2=O)c(C)c(C#N)c1=O. The van der Waals surface area contributed by atoms with Crippen molar-refractivity contribution in [3.8, 4) is 11.8 Å². The van der Waals surface area contributed by atoms with E-state index in [1.807, 2.05) is 30.3 Å². The molecule has 2 aromatic heterocycles. The molecule has 0 radical (unpaired) electrons. The molecule has 2 aliphatic heterocycles. The van der Waals surface area contributed by atoms with Gasteiger partial charge in [0.1, 0.15) is 23.1 Å². The Labute approximate surface area is 254 Å². The maximum atomic E-state index is 14.0. The summed E-state index contributed by atoms with van der Waals surface area (Å²) in [5.74, 6) is 0.349. The number of thiocarbonyl (C=S) groups is 1. The lowest BCUT2D eigenvalue weighted by atomic mass is 10.0. The number of piperidine rings is 1. The van der Waals surface area contributed by atoms with Gasteiger partial charge in [-0.2, -0.15) is 5.26 Å². The molecule has 0 saturated carbocycles. The van der Waals surface area contributed by atoms with Gasteiger partial charge in [0.25, 0.3) is 17.0 Å². The summed E-state index contributed by atoms with van der Waals surface area (Å²) in [5.41, 5.74) is 2.16. The molecule has 9 nitrogen and oxygen atoms in total. The number of para-hydroxylation sites is 1. The Morgan fingerprint density at radius 1 is 1.05 bits per heavy atom. The number of unbranched alkanes of at least 4 members (excludes halogenated alkanes) is 1. The highest BCUT2D eigenvalue weighted by molar-refractivity contribution is 8.27. The van der Waals surface area contributed by atoms with Crippen LogP contribution < -0.4 is 20.9 Å². The Balaban J connectivity index is 1.66. The van der Waals surface area contributed by atoms with E-state index < -0.39 is 5.91 Å². The molecule has 2 fully saturated rings. The van der Waals surface area contributed by atoms with Crippen molar-refractivity contribution in [1.82, 2.24) is 13.9 Å². The first-order chi connectivity index (χ1) is 20.2. The summed E-state index contributed by atoms with van der Waals surface area (Å²) in [5, 5.41) is 9.97. The Kier molecular flexibility index (Phi) is 8.57. The summed E-state index contributed by atoms with van der Waals surface area (Å²) >= 11 is 6.80. The number of amides is 1. The number of hydrogen-bond acceptors (Lipinski definition) is 7. The van der Waals surface area contributed by atoms with Crippen molar-refractivity contribution >= 4 is 51.8 Å². The van der Waals surface area contributed by atoms with Gasteiger partial charge >= 0.3 is 0 Å². The molecule has 218 valence electrons. The highest BCUT2D eigenvalue weighted by Gasteiger charge is 2.38. The Morgan fingerprint density at radius 3 is 2.38 bits per heavy atom. The number of anilines is 2. The fraction of sp³-hybridized carbons (Fsp3) is 0.387. The van der Waals surface area contributed by atoms with Crippen LogP contribution in [0.4, 0.5) is 11.5 Å². The Hall–Kier alpha value is -3.88. The average Bonchev–Trinajstić information content (AvgIpc) is 3.38. The van der Waals surface area contributed by atoms with Gasteiger partial charge in [-0.1, -0.05) is 55.5 Å². The van der Waals surface area contributed by atoms with Crippen molar-refractivity contribution in [2.75, 3.05) is 22.9 Å². The van der Waals surface area contributed by atoms with E-state index in [2.05, 4.69) is 17.9 Å². The molecule has 42 heavy (non-hydrogen) atoms. The van der Waals surface area contributed by atoms with Crippen molar-refractivity contribution in [1.29, 1.82) is 5.26 Å².